The zero-order valence-corrected chi connectivity index (χ0v) is 13.1. The number of hydrogen-bond donors (Lipinski definition) is 3. The lowest BCUT2D eigenvalue weighted by Gasteiger charge is -2.20. The smallest absolute Gasteiger partial charge is 0.221 e. The van der Waals surface area contributed by atoms with Crippen molar-refractivity contribution in [3.63, 3.8) is 0 Å². The third-order valence-electron chi connectivity index (χ3n) is 3.07. The molecule has 2 atom stereocenters. The highest BCUT2D eigenvalue weighted by molar-refractivity contribution is 5.88. The molecule has 20 heavy (non-hydrogen) atoms. The van der Waals surface area contributed by atoms with Crippen molar-refractivity contribution in [2.24, 2.45) is 11.7 Å². The summed E-state index contributed by atoms with van der Waals surface area (Å²) in [5.74, 6) is 0.456. The predicted molar refractivity (Wildman–Crippen MR) is 85.0 cm³/mol. The molecule has 4 nitrogen and oxygen atoms in total. The SMILES string of the molecule is CC(=O)Nc1ccc([C@H](N)[C@H](O)CCC(C)C)cc1.Cl. The van der Waals surface area contributed by atoms with Crippen LogP contribution in [0.2, 0.25) is 0 Å². The Balaban J connectivity index is 0.00000361. The van der Waals surface area contributed by atoms with Crippen LogP contribution in [0.4, 0.5) is 5.69 Å². The average Bonchev–Trinajstić information content (AvgIpc) is 2.35. The molecule has 0 spiro atoms. The average molecular weight is 301 g/mol. The molecule has 0 aromatic heterocycles. The number of aliphatic hydroxyl groups excluding tert-OH is 1. The molecule has 0 fully saturated rings. The molecule has 1 aromatic rings. The first-order valence-corrected chi connectivity index (χ1v) is 6.71. The lowest BCUT2D eigenvalue weighted by atomic mass is 9.96. The summed E-state index contributed by atoms with van der Waals surface area (Å²) in [7, 11) is 0. The topological polar surface area (TPSA) is 75.4 Å². The molecule has 0 saturated carbocycles. The third kappa shape index (κ3) is 6.37. The van der Waals surface area contributed by atoms with Gasteiger partial charge in [0.2, 0.25) is 5.91 Å². The fourth-order valence-corrected chi connectivity index (χ4v) is 1.90. The van der Waals surface area contributed by atoms with E-state index < -0.39 is 6.10 Å². The van der Waals surface area contributed by atoms with E-state index in [4.69, 9.17) is 5.73 Å². The van der Waals surface area contributed by atoms with Crippen molar-refractivity contribution in [1.82, 2.24) is 0 Å². The van der Waals surface area contributed by atoms with E-state index in [2.05, 4.69) is 19.2 Å². The van der Waals surface area contributed by atoms with Gasteiger partial charge in [0.1, 0.15) is 0 Å². The molecule has 5 heteroatoms. The standard InChI is InChI=1S/C15H24N2O2.ClH/c1-10(2)4-9-14(19)15(16)12-5-7-13(8-6-12)17-11(3)18;/h5-8,10,14-15,19H,4,9,16H2,1-3H3,(H,17,18);1H/t14-,15+;/m1./s1. The Kier molecular flexibility index (Phi) is 8.46. The number of rotatable bonds is 6. The molecular weight excluding hydrogens is 276 g/mol. The van der Waals surface area contributed by atoms with Crippen molar-refractivity contribution < 1.29 is 9.90 Å². The number of carbonyl (C=O) groups excluding carboxylic acids is 1. The lowest BCUT2D eigenvalue weighted by molar-refractivity contribution is -0.114. The van der Waals surface area contributed by atoms with E-state index in [9.17, 15) is 9.90 Å². The van der Waals surface area contributed by atoms with Crippen LogP contribution in [0.5, 0.6) is 0 Å². The summed E-state index contributed by atoms with van der Waals surface area (Å²) < 4.78 is 0. The third-order valence-corrected chi connectivity index (χ3v) is 3.07. The van der Waals surface area contributed by atoms with E-state index in [1.165, 1.54) is 6.92 Å². The molecule has 0 saturated heterocycles. The van der Waals surface area contributed by atoms with Gasteiger partial charge in [-0.25, -0.2) is 0 Å². The Bertz CT molecular complexity index is 407. The van der Waals surface area contributed by atoms with Gasteiger partial charge in [0, 0.05) is 12.6 Å². The number of amides is 1. The molecule has 0 aliphatic heterocycles. The Hall–Kier alpha value is -1.10. The minimum absolute atomic E-state index is 0. The number of benzene rings is 1. The Labute approximate surface area is 127 Å². The van der Waals surface area contributed by atoms with Gasteiger partial charge >= 0.3 is 0 Å². The normalized spacial score (nSPS) is 13.5. The number of hydrogen-bond acceptors (Lipinski definition) is 3. The van der Waals surface area contributed by atoms with Crippen LogP contribution in [-0.4, -0.2) is 17.1 Å². The van der Waals surface area contributed by atoms with Crippen molar-refractivity contribution in [3.05, 3.63) is 29.8 Å². The minimum atomic E-state index is -0.533. The molecular formula is C15H25ClN2O2. The van der Waals surface area contributed by atoms with E-state index in [1.54, 1.807) is 12.1 Å². The van der Waals surface area contributed by atoms with Crippen LogP contribution in [0, 0.1) is 5.92 Å². The largest absolute Gasteiger partial charge is 0.391 e. The number of halogens is 1. The molecule has 0 unspecified atom stereocenters. The van der Waals surface area contributed by atoms with Crippen LogP contribution < -0.4 is 11.1 Å². The van der Waals surface area contributed by atoms with E-state index in [-0.39, 0.29) is 24.4 Å². The maximum atomic E-state index is 10.9. The quantitative estimate of drug-likeness (QED) is 0.756. The summed E-state index contributed by atoms with van der Waals surface area (Å²) in [6.07, 6.45) is 1.12. The second-order valence-corrected chi connectivity index (χ2v) is 5.37. The van der Waals surface area contributed by atoms with Crippen molar-refractivity contribution in [2.45, 2.75) is 45.8 Å². The fraction of sp³-hybridized carbons (Fsp3) is 0.533. The highest BCUT2D eigenvalue weighted by Gasteiger charge is 2.16. The van der Waals surface area contributed by atoms with Crippen LogP contribution >= 0.6 is 12.4 Å². The van der Waals surface area contributed by atoms with E-state index >= 15 is 0 Å². The van der Waals surface area contributed by atoms with Gasteiger partial charge in [0.25, 0.3) is 0 Å². The summed E-state index contributed by atoms with van der Waals surface area (Å²) >= 11 is 0. The highest BCUT2D eigenvalue weighted by Crippen LogP contribution is 2.21. The minimum Gasteiger partial charge on any atom is -0.391 e. The van der Waals surface area contributed by atoms with Gasteiger partial charge in [-0.05, 0) is 36.5 Å². The van der Waals surface area contributed by atoms with Gasteiger partial charge in [-0.2, -0.15) is 0 Å². The van der Waals surface area contributed by atoms with Gasteiger partial charge in [0.15, 0.2) is 0 Å². The Morgan fingerprint density at radius 1 is 1.25 bits per heavy atom. The number of anilines is 1. The van der Waals surface area contributed by atoms with Crippen LogP contribution in [0.15, 0.2) is 24.3 Å². The van der Waals surface area contributed by atoms with Crippen molar-refractivity contribution in [2.75, 3.05) is 5.32 Å². The number of aliphatic hydroxyl groups is 1. The molecule has 1 aromatic carbocycles. The fourth-order valence-electron chi connectivity index (χ4n) is 1.90. The van der Waals surface area contributed by atoms with Gasteiger partial charge < -0.3 is 16.2 Å². The molecule has 0 aliphatic rings. The summed E-state index contributed by atoms with van der Waals surface area (Å²) in [6.45, 7) is 5.72. The van der Waals surface area contributed by atoms with Gasteiger partial charge in [-0.1, -0.05) is 26.0 Å². The molecule has 0 radical (unpaired) electrons. The highest BCUT2D eigenvalue weighted by atomic mass is 35.5. The lowest BCUT2D eigenvalue weighted by Crippen LogP contribution is -2.26. The maximum Gasteiger partial charge on any atom is 0.221 e. The van der Waals surface area contributed by atoms with Crippen molar-refractivity contribution in [3.8, 4) is 0 Å². The van der Waals surface area contributed by atoms with E-state index in [0.717, 1.165) is 17.7 Å². The number of carbonyl (C=O) groups is 1. The van der Waals surface area contributed by atoms with Crippen molar-refractivity contribution in [1.29, 1.82) is 0 Å². The second kappa shape index (κ2) is 8.95. The summed E-state index contributed by atoms with van der Waals surface area (Å²) in [4.78, 5) is 10.9. The molecule has 0 heterocycles. The first kappa shape index (κ1) is 18.9. The monoisotopic (exact) mass is 300 g/mol. The van der Waals surface area contributed by atoms with Gasteiger partial charge in [-0.15, -0.1) is 12.4 Å². The number of nitrogens with one attached hydrogen (secondary N) is 1. The summed E-state index contributed by atoms with van der Waals surface area (Å²) in [5.41, 5.74) is 7.65. The van der Waals surface area contributed by atoms with Crippen LogP contribution in [0.1, 0.15) is 45.2 Å². The summed E-state index contributed by atoms with van der Waals surface area (Å²) in [5, 5.41) is 12.7. The zero-order chi connectivity index (χ0) is 14.4. The first-order valence-electron chi connectivity index (χ1n) is 6.71. The zero-order valence-electron chi connectivity index (χ0n) is 12.3. The molecule has 1 amide bonds. The van der Waals surface area contributed by atoms with Crippen molar-refractivity contribution >= 4 is 24.0 Å². The molecule has 0 aliphatic carbocycles. The van der Waals surface area contributed by atoms with E-state index in [1.807, 2.05) is 12.1 Å². The second-order valence-electron chi connectivity index (χ2n) is 5.37. The Morgan fingerprint density at radius 2 is 1.80 bits per heavy atom. The molecule has 4 N–H and O–H groups in total. The van der Waals surface area contributed by atoms with Gasteiger partial charge in [-0.3, -0.25) is 4.79 Å². The Morgan fingerprint density at radius 3 is 2.25 bits per heavy atom. The van der Waals surface area contributed by atoms with Gasteiger partial charge in [0.05, 0.1) is 12.1 Å². The number of nitrogens with two attached hydrogens (primary N) is 1. The first-order chi connectivity index (χ1) is 8.90. The molecule has 0 bridgehead atoms. The maximum absolute atomic E-state index is 10.9. The van der Waals surface area contributed by atoms with Crippen LogP contribution in [0.25, 0.3) is 0 Å². The molecule has 114 valence electrons. The van der Waals surface area contributed by atoms with E-state index in [0.29, 0.717) is 12.3 Å². The molecule has 1 rings (SSSR count). The summed E-state index contributed by atoms with van der Waals surface area (Å²) in [6, 6.07) is 6.89. The van der Waals surface area contributed by atoms with Crippen LogP contribution in [-0.2, 0) is 4.79 Å². The predicted octanol–water partition coefficient (Wildman–Crippen LogP) is 2.86. The van der Waals surface area contributed by atoms with Crippen LogP contribution in [0.3, 0.4) is 0 Å².